The van der Waals surface area contributed by atoms with Crippen LogP contribution in [0, 0.1) is 6.92 Å². The lowest BCUT2D eigenvalue weighted by molar-refractivity contribution is -0.143. The second kappa shape index (κ2) is 6.57. The Balaban J connectivity index is 1.38. The summed E-state index contributed by atoms with van der Waals surface area (Å²) < 4.78 is 0. The summed E-state index contributed by atoms with van der Waals surface area (Å²) in [5.41, 5.74) is 2.94. The SMILES string of the molecule is Cc1ccc2nc(CN(C)C(=O)N[C@@H]3C[C@H]4C(=O)NCC(=O)N4C3)[nH]c2c1. The fraction of sp³-hybridized carbons (Fsp3) is 0.444. The molecule has 2 fully saturated rings. The van der Waals surface area contributed by atoms with Crippen molar-refractivity contribution in [2.45, 2.75) is 32.0 Å². The van der Waals surface area contributed by atoms with Crippen molar-refractivity contribution in [2.24, 2.45) is 0 Å². The molecule has 4 amide bonds. The van der Waals surface area contributed by atoms with Gasteiger partial charge >= 0.3 is 6.03 Å². The Morgan fingerprint density at radius 1 is 1.41 bits per heavy atom. The first-order chi connectivity index (χ1) is 12.9. The van der Waals surface area contributed by atoms with E-state index in [9.17, 15) is 14.4 Å². The Labute approximate surface area is 156 Å². The molecule has 0 aliphatic carbocycles. The summed E-state index contributed by atoms with van der Waals surface area (Å²) >= 11 is 0. The van der Waals surface area contributed by atoms with Crippen LogP contribution in [0.25, 0.3) is 11.0 Å². The third-order valence-corrected chi connectivity index (χ3v) is 5.09. The molecule has 2 aliphatic rings. The van der Waals surface area contributed by atoms with Crippen molar-refractivity contribution in [2.75, 3.05) is 20.1 Å². The van der Waals surface area contributed by atoms with Crippen LogP contribution in [0.1, 0.15) is 17.8 Å². The second-order valence-corrected chi connectivity index (χ2v) is 7.22. The number of aryl methyl sites for hydroxylation is 1. The van der Waals surface area contributed by atoms with Crippen molar-refractivity contribution in [3.05, 3.63) is 29.6 Å². The molecule has 4 rings (SSSR count). The molecule has 0 radical (unpaired) electrons. The Morgan fingerprint density at radius 2 is 2.22 bits per heavy atom. The molecule has 9 nitrogen and oxygen atoms in total. The third kappa shape index (κ3) is 3.32. The number of piperazine rings is 1. The number of urea groups is 1. The molecule has 0 unspecified atom stereocenters. The van der Waals surface area contributed by atoms with Crippen molar-refractivity contribution < 1.29 is 14.4 Å². The number of carbonyl (C=O) groups is 3. The highest BCUT2D eigenvalue weighted by Crippen LogP contribution is 2.21. The number of hydrogen-bond acceptors (Lipinski definition) is 4. The highest BCUT2D eigenvalue weighted by atomic mass is 16.2. The van der Waals surface area contributed by atoms with E-state index >= 15 is 0 Å². The van der Waals surface area contributed by atoms with Crippen LogP contribution in [0.3, 0.4) is 0 Å². The average Bonchev–Trinajstić information content (AvgIpc) is 3.22. The van der Waals surface area contributed by atoms with Gasteiger partial charge in [-0.15, -0.1) is 0 Å². The number of imidazole rings is 1. The number of H-pyrrole nitrogens is 1. The molecule has 2 atom stereocenters. The van der Waals surface area contributed by atoms with Gasteiger partial charge in [-0.25, -0.2) is 9.78 Å². The van der Waals surface area contributed by atoms with Crippen molar-refractivity contribution in [3.8, 4) is 0 Å². The Hall–Kier alpha value is -3.10. The Bertz CT molecular complexity index is 899. The van der Waals surface area contributed by atoms with Crippen molar-refractivity contribution >= 4 is 28.9 Å². The highest BCUT2D eigenvalue weighted by Gasteiger charge is 2.42. The molecule has 1 aromatic heterocycles. The molecule has 0 bridgehead atoms. The minimum atomic E-state index is -0.486. The van der Waals surface area contributed by atoms with E-state index in [-0.39, 0.29) is 30.4 Å². The zero-order valence-corrected chi connectivity index (χ0v) is 15.3. The third-order valence-electron chi connectivity index (χ3n) is 5.09. The fourth-order valence-electron chi connectivity index (χ4n) is 3.68. The van der Waals surface area contributed by atoms with Gasteiger partial charge in [-0.3, -0.25) is 9.59 Å². The minimum Gasteiger partial charge on any atom is -0.345 e. The standard InChI is InChI=1S/C18H22N6O3/c1-10-3-4-12-13(5-10)22-15(21-12)9-23(2)18(27)20-11-6-14-17(26)19-7-16(25)24(14)8-11/h3-5,11,14H,6-9H2,1-2H3,(H,19,26)(H,20,27)(H,21,22)/t11-,14+/m1/s1. The number of aromatic nitrogens is 2. The number of nitrogens with zero attached hydrogens (tertiary/aromatic N) is 3. The van der Waals surface area contributed by atoms with E-state index in [1.807, 2.05) is 25.1 Å². The van der Waals surface area contributed by atoms with Gasteiger partial charge in [-0.1, -0.05) is 6.07 Å². The summed E-state index contributed by atoms with van der Waals surface area (Å²) in [5.74, 6) is 0.436. The molecular formula is C18H22N6O3. The van der Waals surface area contributed by atoms with Gasteiger partial charge in [-0.2, -0.15) is 0 Å². The summed E-state index contributed by atoms with van der Waals surface area (Å²) in [6.45, 7) is 2.74. The summed E-state index contributed by atoms with van der Waals surface area (Å²) in [5, 5.41) is 5.49. The van der Waals surface area contributed by atoms with E-state index in [0.717, 1.165) is 16.6 Å². The molecule has 3 N–H and O–H groups in total. The van der Waals surface area contributed by atoms with Crippen LogP contribution in [0.5, 0.6) is 0 Å². The number of carbonyl (C=O) groups excluding carboxylic acids is 3. The molecule has 9 heteroatoms. The molecule has 0 saturated carbocycles. The van der Waals surface area contributed by atoms with E-state index < -0.39 is 6.04 Å². The van der Waals surface area contributed by atoms with Crippen molar-refractivity contribution in [1.82, 2.24) is 30.4 Å². The predicted octanol–water partition coefficient (Wildman–Crippen LogP) is 0.112. The number of rotatable bonds is 3. The van der Waals surface area contributed by atoms with E-state index in [1.165, 1.54) is 4.90 Å². The summed E-state index contributed by atoms with van der Waals surface area (Å²) in [7, 11) is 1.69. The molecule has 27 heavy (non-hydrogen) atoms. The molecular weight excluding hydrogens is 348 g/mol. The lowest BCUT2D eigenvalue weighted by Crippen LogP contribution is -2.55. The molecule has 1 aromatic carbocycles. The van der Waals surface area contributed by atoms with Gasteiger partial charge in [0, 0.05) is 13.6 Å². The average molecular weight is 370 g/mol. The van der Waals surface area contributed by atoms with E-state index in [2.05, 4.69) is 20.6 Å². The van der Waals surface area contributed by atoms with Gasteiger partial charge < -0.3 is 25.4 Å². The molecule has 2 saturated heterocycles. The van der Waals surface area contributed by atoms with Crippen LogP contribution in [0.4, 0.5) is 4.79 Å². The maximum Gasteiger partial charge on any atom is 0.317 e. The van der Waals surface area contributed by atoms with Gasteiger partial charge in [0.1, 0.15) is 11.9 Å². The zero-order chi connectivity index (χ0) is 19.1. The lowest BCUT2D eigenvalue weighted by atomic mass is 10.1. The van der Waals surface area contributed by atoms with Crippen molar-refractivity contribution in [1.29, 1.82) is 0 Å². The highest BCUT2D eigenvalue weighted by molar-refractivity contribution is 5.95. The topological polar surface area (TPSA) is 110 Å². The molecule has 2 aromatic rings. The maximum atomic E-state index is 12.5. The molecule has 3 heterocycles. The van der Waals surface area contributed by atoms with Crippen LogP contribution in [-0.4, -0.2) is 69.8 Å². The number of nitrogens with one attached hydrogen (secondary N) is 3. The van der Waals surface area contributed by atoms with E-state index in [0.29, 0.717) is 25.3 Å². The summed E-state index contributed by atoms with van der Waals surface area (Å²) in [6, 6.07) is 4.97. The Kier molecular flexibility index (Phi) is 4.21. The van der Waals surface area contributed by atoms with Crippen molar-refractivity contribution in [3.63, 3.8) is 0 Å². The minimum absolute atomic E-state index is 0.0292. The second-order valence-electron chi connectivity index (χ2n) is 7.22. The van der Waals surface area contributed by atoms with Gasteiger partial charge in [-0.05, 0) is 31.0 Å². The van der Waals surface area contributed by atoms with Crippen LogP contribution >= 0.6 is 0 Å². The largest absolute Gasteiger partial charge is 0.345 e. The fourth-order valence-corrected chi connectivity index (χ4v) is 3.68. The predicted molar refractivity (Wildman–Crippen MR) is 97.7 cm³/mol. The van der Waals surface area contributed by atoms with Crippen LogP contribution in [0.2, 0.25) is 0 Å². The first-order valence-corrected chi connectivity index (χ1v) is 8.95. The molecule has 2 aliphatic heterocycles. The number of amides is 4. The van der Waals surface area contributed by atoms with Crippen LogP contribution < -0.4 is 10.6 Å². The monoisotopic (exact) mass is 370 g/mol. The zero-order valence-electron chi connectivity index (χ0n) is 15.3. The van der Waals surface area contributed by atoms with Gasteiger partial charge in [0.2, 0.25) is 11.8 Å². The number of aromatic amines is 1. The first-order valence-electron chi connectivity index (χ1n) is 8.95. The quantitative estimate of drug-likeness (QED) is 0.712. The Morgan fingerprint density at radius 3 is 3.00 bits per heavy atom. The summed E-state index contributed by atoms with van der Waals surface area (Å²) in [4.78, 5) is 47.1. The van der Waals surface area contributed by atoms with Gasteiger partial charge in [0.25, 0.3) is 0 Å². The van der Waals surface area contributed by atoms with E-state index in [4.69, 9.17) is 0 Å². The maximum absolute atomic E-state index is 12.5. The first kappa shape index (κ1) is 17.3. The number of hydrogen-bond donors (Lipinski definition) is 3. The van der Waals surface area contributed by atoms with Gasteiger partial charge in [0.15, 0.2) is 0 Å². The normalized spacial score (nSPS) is 21.9. The van der Waals surface area contributed by atoms with Crippen LogP contribution in [-0.2, 0) is 16.1 Å². The smallest absolute Gasteiger partial charge is 0.317 e. The lowest BCUT2D eigenvalue weighted by Gasteiger charge is -2.28. The van der Waals surface area contributed by atoms with Crippen LogP contribution in [0.15, 0.2) is 18.2 Å². The molecule has 0 spiro atoms. The van der Waals surface area contributed by atoms with Gasteiger partial charge in [0.05, 0.1) is 30.2 Å². The molecule has 142 valence electrons. The summed E-state index contributed by atoms with van der Waals surface area (Å²) in [6.07, 6.45) is 0.432. The number of benzene rings is 1. The number of fused-ring (bicyclic) bond motifs is 2. The van der Waals surface area contributed by atoms with E-state index in [1.54, 1.807) is 11.9 Å².